The van der Waals surface area contributed by atoms with Gasteiger partial charge in [0.15, 0.2) is 0 Å². The molecule has 0 radical (unpaired) electrons. The number of hydrogen-bond acceptors (Lipinski definition) is 1. The van der Waals surface area contributed by atoms with Gasteiger partial charge >= 0.3 is 0 Å². The quantitative estimate of drug-likeness (QED) is 0.147. The van der Waals surface area contributed by atoms with Crippen LogP contribution >= 0.6 is 0 Å². The molecule has 0 amide bonds. The van der Waals surface area contributed by atoms with Crippen molar-refractivity contribution in [3.63, 3.8) is 0 Å². The van der Waals surface area contributed by atoms with E-state index < -0.39 is 5.41 Å². The summed E-state index contributed by atoms with van der Waals surface area (Å²) in [6, 6.07) is 100. The van der Waals surface area contributed by atoms with Gasteiger partial charge in [0, 0.05) is 17.1 Å². The molecule has 1 aliphatic rings. The maximum atomic E-state index is 2.36. The summed E-state index contributed by atoms with van der Waals surface area (Å²) in [5, 5.41) is 2.50. The number of rotatable bonds is 8. The van der Waals surface area contributed by atoms with Crippen molar-refractivity contribution in [3.8, 4) is 55.6 Å². The first-order valence-corrected chi connectivity index (χ1v) is 22.8. The van der Waals surface area contributed by atoms with E-state index in [0.717, 1.165) is 17.1 Å². The molecule has 66 heavy (non-hydrogen) atoms. The SMILES string of the molecule is c1ccc(-c2ccc(N(c3ccc(-c4ccc(C5(c6ccccc6)c6ccccc6-c6ccccc6-c6ccccc65)cc4)cc3)c3ccc(-c4cccc5ccccc45)cc3)cc2)cc1. The molecule has 0 atom stereocenters. The van der Waals surface area contributed by atoms with Crippen LogP contribution in [0.5, 0.6) is 0 Å². The van der Waals surface area contributed by atoms with Crippen molar-refractivity contribution >= 4 is 27.8 Å². The van der Waals surface area contributed by atoms with Crippen molar-refractivity contribution in [2.24, 2.45) is 0 Å². The van der Waals surface area contributed by atoms with Crippen molar-refractivity contribution in [1.82, 2.24) is 0 Å². The van der Waals surface area contributed by atoms with Crippen LogP contribution in [0.2, 0.25) is 0 Å². The van der Waals surface area contributed by atoms with Gasteiger partial charge in [0.2, 0.25) is 0 Å². The minimum atomic E-state index is -0.560. The maximum absolute atomic E-state index is 2.36. The van der Waals surface area contributed by atoms with Gasteiger partial charge < -0.3 is 4.90 Å². The second-order valence-electron chi connectivity index (χ2n) is 17.2. The monoisotopic (exact) mass is 839 g/mol. The molecule has 1 aliphatic carbocycles. The highest BCUT2D eigenvalue weighted by molar-refractivity contribution is 5.97. The van der Waals surface area contributed by atoms with Crippen LogP contribution < -0.4 is 4.90 Å². The number of nitrogens with zero attached hydrogens (tertiary/aromatic N) is 1. The minimum absolute atomic E-state index is 0.560. The van der Waals surface area contributed by atoms with E-state index in [1.54, 1.807) is 0 Å². The number of hydrogen-bond donors (Lipinski definition) is 0. The molecule has 0 unspecified atom stereocenters. The fraction of sp³-hybridized carbons (Fsp3) is 0.0154. The van der Waals surface area contributed by atoms with E-state index >= 15 is 0 Å². The molecule has 0 saturated carbocycles. The Bertz CT molecular complexity index is 3410. The summed E-state index contributed by atoms with van der Waals surface area (Å²) in [5.74, 6) is 0. The lowest BCUT2D eigenvalue weighted by Gasteiger charge is -2.38. The van der Waals surface area contributed by atoms with Gasteiger partial charge in [-0.1, -0.05) is 237 Å². The molecule has 12 rings (SSSR count). The zero-order valence-corrected chi connectivity index (χ0v) is 36.4. The average molecular weight is 840 g/mol. The predicted molar refractivity (Wildman–Crippen MR) is 278 cm³/mol. The third kappa shape index (κ3) is 6.64. The Labute approximate surface area is 387 Å². The highest BCUT2D eigenvalue weighted by Crippen LogP contribution is 2.55. The first-order chi connectivity index (χ1) is 32.7. The van der Waals surface area contributed by atoms with E-state index in [1.807, 2.05) is 0 Å². The van der Waals surface area contributed by atoms with Gasteiger partial charge in [0.1, 0.15) is 0 Å². The van der Waals surface area contributed by atoms with Gasteiger partial charge in [0.05, 0.1) is 5.41 Å². The molecule has 0 heterocycles. The Morgan fingerprint density at radius 2 is 0.591 bits per heavy atom. The Morgan fingerprint density at radius 3 is 1.14 bits per heavy atom. The Hall–Kier alpha value is -8.52. The van der Waals surface area contributed by atoms with Gasteiger partial charge in [0.25, 0.3) is 0 Å². The first-order valence-electron chi connectivity index (χ1n) is 22.8. The lowest BCUT2D eigenvalue weighted by Crippen LogP contribution is -2.31. The Balaban J connectivity index is 0.940. The van der Waals surface area contributed by atoms with Crippen LogP contribution in [-0.4, -0.2) is 0 Å². The Kier molecular flexibility index (Phi) is 9.81. The molecule has 11 aromatic rings. The molecule has 0 aromatic heterocycles. The normalized spacial score (nSPS) is 12.4. The molecule has 0 N–H and O–H groups in total. The minimum Gasteiger partial charge on any atom is -0.311 e. The summed E-state index contributed by atoms with van der Waals surface area (Å²) in [5.41, 5.74) is 20.0. The van der Waals surface area contributed by atoms with E-state index in [-0.39, 0.29) is 0 Å². The second-order valence-corrected chi connectivity index (χ2v) is 17.2. The summed E-state index contributed by atoms with van der Waals surface area (Å²) in [6.07, 6.45) is 0. The van der Waals surface area contributed by atoms with Crippen molar-refractivity contribution in [3.05, 3.63) is 295 Å². The topological polar surface area (TPSA) is 3.24 Å². The van der Waals surface area contributed by atoms with Crippen LogP contribution in [0.4, 0.5) is 17.1 Å². The van der Waals surface area contributed by atoms with Crippen LogP contribution in [-0.2, 0) is 5.41 Å². The van der Waals surface area contributed by atoms with E-state index in [2.05, 4.69) is 278 Å². The highest BCUT2D eigenvalue weighted by atomic mass is 15.1. The molecule has 1 nitrogen and oxygen atoms in total. The van der Waals surface area contributed by atoms with Crippen LogP contribution in [0.15, 0.2) is 273 Å². The number of benzene rings is 11. The third-order valence-electron chi connectivity index (χ3n) is 13.6. The van der Waals surface area contributed by atoms with Gasteiger partial charge in [-0.15, -0.1) is 0 Å². The van der Waals surface area contributed by atoms with Crippen molar-refractivity contribution < 1.29 is 0 Å². The van der Waals surface area contributed by atoms with Crippen LogP contribution in [0.25, 0.3) is 66.4 Å². The second kappa shape index (κ2) is 16.6. The van der Waals surface area contributed by atoms with Gasteiger partial charge in [-0.25, -0.2) is 0 Å². The molecule has 0 spiro atoms. The molecule has 1 heteroatoms. The summed E-state index contributed by atoms with van der Waals surface area (Å²) in [4.78, 5) is 2.36. The molecule has 310 valence electrons. The predicted octanol–water partition coefficient (Wildman–Crippen LogP) is 17.3. The molecule has 0 saturated heterocycles. The van der Waals surface area contributed by atoms with Crippen molar-refractivity contribution in [2.45, 2.75) is 5.41 Å². The fourth-order valence-corrected chi connectivity index (χ4v) is 10.5. The standard InChI is InChI=1S/C65H45N/c1-3-16-46(17-4-1)48-32-40-54(41-33-48)66(56-44-36-51(37-45-56)58-27-15-19-50-18-7-8-22-57(50)58)55-42-34-49(35-43-55)47-30-38-53(39-31-47)65(52-20-5-2-6-21-52)63-28-13-11-25-61(63)59-23-9-10-24-60(59)62-26-12-14-29-64(62)65/h1-45H. The van der Waals surface area contributed by atoms with E-state index in [4.69, 9.17) is 0 Å². The van der Waals surface area contributed by atoms with E-state index in [9.17, 15) is 0 Å². The zero-order valence-electron chi connectivity index (χ0n) is 36.4. The average Bonchev–Trinajstić information content (AvgIpc) is 3.51. The molecule has 0 bridgehead atoms. The van der Waals surface area contributed by atoms with Gasteiger partial charge in [-0.2, -0.15) is 0 Å². The van der Waals surface area contributed by atoms with Crippen molar-refractivity contribution in [1.29, 1.82) is 0 Å². The summed E-state index contributed by atoms with van der Waals surface area (Å²) in [6.45, 7) is 0. The molecular formula is C65H45N. The van der Waals surface area contributed by atoms with Crippen molar-refractivity contribution in [2.75, 3.05) is 4.90 Å². The lowest BCUT2D eigenvalue weighted by atomic mass is 9.63. The molecule has 0 aliphatic heterocycles. The smallest absolute Gasteiger partial charge is 0.0713 e. The van der Waals surface area contributed by atoms with E-state index in [1.165, 1.54) is 88.7 Å². The van der Waals surface area contributed by atoms with Crippen LogP contribution in [0, 0.1) is 0 Å². The largest absolute Gasteiger partial charge is 0.311 e. The summed E-state index contributed by atoms with van der Waals surface area (Å²) in [7, 11) is 0. The van der Waals surface area contributed by atoms with Crippen LogP contribution in [0.1, 0.15) is 22.3 Å². The number of anilines is 3. The number of fused-ring (bicyclic) bond motifs is 6. The fourth-order valence-electron chi connectivity index (χ4n) is 10.5. The lowest BCUT2D eigenvalue weighted by molar-refractivity contribution is 0.751. The highest BCUT2D eigenvalue weighted by Gasteiger charge is 2.43. The van der Waals surface area contributed by atoms with E-state index in [0.29, 0.717) is 0 Å². The van der Waals surface area contributed by atoms with Crippen LogP contribution in [0.3, 0.4) is 0 Å². The third-order valence-corrected chi connectivity index (χ3v) is 13.6. The molecular weight excluding hydrogens is 795 g/mol. The van der Waals surface area contributed by atoms with Gasteiger partial charge in [-0.3, -0.25) is 0 Å². The maximum Gasteiger partial charge on any atom is 0.0713 e. The Morgan fingerprint density at radius 1 is 0.227 bits per heavy atom. The van der Waals surface area contributed by atoms with Gasteiger partial charge in [-0.05, 0) is 125 Å². The first kappa shape index (κ1) is 39.1. The molecule has 11 aromatic carbocycles. The summed E-state index contributed by atoms with van der Waals surface area (Å²) >= 11 is 0. The molecule has 0 fully saturated rings. The summed E-state index contributed by atoms with van der Waals surface area (Å²) < 4.78 is 0. The zero-order chi connectivity index (χ0) is 43.9.